The summed E-state index contributed by atoms with van der Waals surface area (Å²) < 4.78 is 6.47. The molecule has 122 valence electrons. The monoisotopic (exact) mass is 434 g/mol. The Morgan fingerprint density at radius 3 is 2.54 bits per heavy atom. The Morgan fingerprint density at radius 1 is 1.00 bits per heavy atom. The Bertz CT molecular complexity index is 856. The number of halogens is 1. The first-order valence-corrected chi connectivity index (χ1v) is 8.48. The number of hydrogen-bond donors (Lipinski definition) is 2. The van der Waals surface area contributed by atoms with Gasteiger partial charge in [-0.25, -0.2) is 0 Å². The molecule has 0 aliphatic heterocycles. The molecule has 1 heterocycles. The zero-order chi connectivity index (χ0) is 16.9. The number of fused-ring (bicyclic) bond motifs is 1. The summed E-state index contributed by atoms with van der Waals surface area (Å²) in [7, 11) is 0. The molecule has 0 aliphatic carbocycles. The molecular formula is C18H15IN2O3. The van der Waals surface area contributed by atoms with Crippen molar-refractivity contribution >= 4 is 45.4 Å². The van der Waals surface area contributed by atoms with Crippen LogP contribution in [0.2, 0.25) is 0 Å². The Hall–Kier alpha value is -2.35. The highest BCUT2D eigenvalue weighted by Gasteiger charge is 2.11. The summed E-state index contributed by atoms with van der Waals surface area (Å²) in [5.74, 6) is 0.141. The topological polar surface area (TPSA) is 71.3 Å². The molecule has 5 nitrogen and oxygen atoms in total. The Kier molecular flexibility index (Phi) is 5.14. The second-order valence-electron chi connectivity index (χ2n) is 5.19. The summed E-state index contributed by atoms with van der Waals surface area (Å²) in [4.78, 5) is 23.9. The first-order chi connectivity index (χ1) is 11.6. The fourth-order valence-corrected chi connectivity index (χ4v) is 2.91. The minimum atomic E-state index is -0.269. The molecule has 0 atom stereocenters. The third-order valence-corrected chi connectivity index (χ3v) is 4.41. The van der Waals surface area contributed by atoms with Gasteiger partial charge in [-0.15, -0.1) is 0 Å². The summed E-state index contributed by atoms with van der Waals surface area (Å²) in [5.41, 5.74) is 1.34. The van der Waals surface area contributed by atoms with Crippen LogP contribution in [0.5, 0.6) is 0 Å². The Balaban J connectivity index is 1.51. The van der Waals surface area contributed by atoms with Crippen molar-refractivity contribution in [1.82, 2.24) is 10.6 Å². The van der Waals surface area contributed by atoms with E-state index in [0.29, 0.717) is 11.3 Å². The van der Waals surface area contributed by atoms with E-state index >= 15 is 0 Å². The van der Waals surface area contributed by atoms with Crippen LogP contribution in [-0.2, 0) is 11.3 Å². The standard InChI is InChI=1S/C18H15IN2O3/c19-15-7-3-2-6-14(15)18(23)21-11-17(22)20-10-13-9-12-5-1-4-8-16(12)24-13/h1-9H,10-11H2,(H,20,22)(H,21,23). The summed E-state index contributed by atoms with van der Waals surface area (Å²) in [6.45, 7) is 0.205. The van der Waals surface area contributed by atoms with Crippen LogP contribution >= 0.6 is 22.6 Å². The van der Waals surface area contributed by atoms with Gasteiger partial charge in [0.25, 0.3) is 5.91 Å². The molecule has 24 heavy (non-hydrogen) atoms. The van der Waals surface area contributed by atoms with Crippen molar-refractivity contribution in [2.75, 3.05) is 6.54 Å². The second-order valence-corrected chi connectivity index (χ2v) is 6.35. The summed E-state index contributed by atoms with van der Waals surface area (Å²) >= 11 is 2.09. The van der Waals surface area contributed by atoms with Crippen molar-refractivity contribution in [3.8, 4) is 0 Å². The molecule has 0 radical (unpaired) electrons. The maximum Gasteiger partial charge on any atom is 0.252 e. The van der Waals surface area contributed by atoms with Gasteiger partial charge in [-0.2, -0.15) is 0 Å². The maximum atomic E-state index is 12.0. The molecule has 0 fully saturated rings. The van der Waals surface area contributed by atoms with Gasteiger partial charge >= 0.3 is 0 Å². The van der Waals surface area contributed by atoms with Gasteiger partial charge in [-0.05, 0) is 46.9 Å². The lowest BCUT2D eigenvalue weighted by atomic mass is 10.2. The normalized spacial score (nSPS) is 10.5. The minimum absolute atomic E-state index is 0.0793. The molecule has 3 aromatic rings. The largest absolute Gasteiger partial charge is 0.459 e. The van der Waals surface area contributed by atoms with Gasteiger partial charge in [0.2, 0.25) is 5.91 Å². The van der Waals surface area contributed by atoms with E-state index in [4.69, 9.17) is 4.42 Å². The van der Waals surface area contributed by atoms with Crippen LogP contribution in [0.3, 0.4) is 0 Å². The zero-order valence-electron chi connectivity index (χ0n) is 12.7. The number of benzene rings is 2. The van der Waals surface area contributed by atoms with E-state index in [-0.39, 0.29) is 24.9 Å². The average molecular weight is 434 g/mol. The van der Waals surface area contributed by atoms with Crippen LogP contribution < -0.4 is 10.6 Å². The van der Waals surface area contributed by atoms with Crippen LogP contribution in [0.4, 0.5) is 0 Å². The molecule has 2 aromatic carbocycles. The number of rotatable bonds is 5. The van der Waals surface area contributed by atoms with Gasteiger partial charge < -0.3 is 15.1 Å². The predicted octanol–water partition coefficient (Wildman–Crippen LogP) is 3.08. The third-order valence-electron chi connectivity index (χ3n) is 3.46. The molecule has 2 amide bonds. The lowest BCUT2D eigenvalue weighted by molar-refractivity contribution is -0.120. The first kappa shape index (κ1) is 16.5. The summed E-state index contributed by atoms with van der Waals surface area (Å²) in [5, 5.41) is 6.34. The summed E-state index contributed by atoms with van der Waals surface area (Å²) in [6.07, 6.45) is 0. The van der Waals surface area contributed by atoms with E-state index in [1.165, 1.54) is 0 Å². The molecule has 2 N–H and O–H groups in total. The number of amides is 2. The number of para-hydroxylation sites is 1. The van der Waals surface area contributed by atoms with E-state index in [9.17, 15) is 9.59 Å². The van der Waals surface area contributed by atoms with Crippen LogP contribution in [0, 0.1) is 3.57 Å². The van der Waals surface area contributed by atoms with E-state index in [1.54, 1.807) is 12.1 Å². The summed E-state index contributed by atoms with van der Waals surface area (Å²) in [6, 6.07) is 16.8. The van der Waals surface area contributed by atoms with Crippen LogP contribution in [-0.4, -0.2) is 18.4 Å². The second kappa shape index (κ2) is 7.48. The van der Waals surface area contributed by atoms with Gasteiger partial charge in [-0.1, -0.05) is 30.3 Å². The van der Waals surface area contributed by atoms with Crippen molar-refractivity contribution < 1.29 is 14.0 Å². The van der Waals surface area contributed by atoms with Gasteiger partial charge in [0, 0.05) is 8.96 Å². The molecule has 6 heteroatoms. The number of carbonyl (C=O) groups is 2. The predicted molar refractivity (Wildman–Crippen MR) is 99.6 cm³/mol. The zero-order valence-corrected chi connectivity index (χ0v) is 14.9. The van der Waals surface area contributed by atoms with E-state index in [1.807, 2.05) is 42.5 Å². The highest BCUT2D eigenvalue weighted by Crippen LogP contribution is 2.18. The molecular weight excluding hydrogens is 419 g/mol. The minimum Gasteiger partial charge on any atom is -0.459 e. The van der Waals surface area contributed by atoms with Crippen molar-refractivity contribution in [3.63, 3.8) is 0 Å². The van der Waals surface area contributed by atoms with Crippen LogP contribution in [0.1, 0.15) is 16.1 Å². The first-order valence-electron chi connectivity index (χ1n) is 7.40. The fraction of sp³-hybridized carbons (Fsp3) is 0.111. The molecule has 0 saturated carbocycles. The maximum absolute atomic E-state index is 12.0. The number of carbonyl (C=O) groups excluding carboxylic acids is 2. The number of nitrogens with one attached hydrogen (secondary N) is 2. The van der Waals surface area contributed by atoms with E-state index in [2.05, 4.69) is 33.2 Å². The fourth-order valence-electron chi connectivity index (χ4n) is 2.27. The van der Waals surface area contributed by atoms with E-state index in [0.717, 1.165) is 14.5 Å². The molecule has 0 bridgehead atoms. The molecule has 1 aromatic heterocycles. The van der Waals surface area contributed by atoms with Gasteiger partial charge in [0.1, 0.15) is 11.3 Å². The molecule has 0 aliphatic rings. The van der Waals surface area contributed by atoms with Crippen LogP contribution in [0.15, 0.2) is 59.0 Å². The lowest BCUT2D eigenvalue weighted by Gasteiger charge is -2.07. The highest BCUT2D eigenvalue weighted by atomic mass is 127. The highest BCUT2D eigenvalue weighted by molar-refractivity contribution is 14.1. The molecule has 0 unspecified atom stereocenters. The Labute approximate surface area is 152 Å². The number of furan rings is 1. The van der Waals surface area contributed by atoms with E-state index < -0.39 is 0 Å². The smallest absolute Gasteiger partial charge is 0.252 e. The van der Waals surface area contributed by atoms with Crippen LogP contribution in [0.25, 0.3) is 11.0 Å². The van der Waals surface area contributed by atoms with Crippen molar-refractivity contribution in [1.29, 1.82) is 0 Å². The van der Waals surface area contributed by atoms with Crippen molar-refractivity contribution in [2.45, 2.75) is 6.54 Å². The number of hydrogen-bond acceptors (Lipinski definition) is 3. The van der Waals surface area contributed by atoms with Gasteiger partial charge in [-0.3, -0.25) is 9.59 Å². The SMILES string of the molecule is O=C(CNC(=O)c1ccccc1I)NCc1cc2ccccc2o1. The molecule has 0 saturated heterocycles. The quantitative estimate of drug-likeness (QED) is 0.607. The van der Waals surface area contributed by atoms with Gasteiger partial charge in [0.15, 0.2) is 0 Å². The average Bonchev–Trinajstić information content (AvgIpc) is 3.01. The Morgan fingerprint density at radius 2 is 1.75 bits per heavy atom. The molecule has 3 rings (SSSR count). The van der Waals surface area contributed by atoms with Crippen molar-refractivity contribution in [3.05, 3.63) is 69.5 Å². The molecule has 0 spiro atoms. The third kappa shape index (κ3) is 3.94. The van der Waals surface area contributed by atoms with Crippen molar-refractivity contribution in [2.24, 2.45) is 0 Å². The van der Waals surface area contributed by atoms with Gasteiger partial charge in [0.05, 0.1) is 18.7 Å². The lowest BCUT2D eigenvalue weighted by Crippen LogP contribution is -2.36.